The Kier molecular flexibility index (Phi) is 10.0. The van der Waals surface area contributed by atoms with Crippen molar-refractivity contribution in [1.82, 2.24) is 15.4 Å². The van der Waals surface area contributed by atoms with Crippen molar-refractivity contribution in [3.63, 3.8) is 0 Å². The fourth-order valence-corrected chi connectivity index (χ4v) is 4.19. The number of nitrogens with one attached hydrogen (secondary N) is 2. The first-order chi connectivity index (χ1) is 19.4. The van der Waals surface area contributed by atoms with Gasteiger partial charge in [0, 0.05) is 30.1 Å². The van der Waals surface area contributed by atoms with E-state index >= 15 is 0 Å². The molecule has 0 aliphatic carbocycles. The summed E-state index contributed by atoms with van der Waals surface area (Å²) in [4.78, 5) is 42.3. The van der Waals surface area contributed by atoms with E-state index in [-0.39, 0.29) is 32.1 Å². The highest BCUT2D eigenvalue weighted by molar-refractivity contribution is 6.31. The number of halogens is 1. The Morgan fingerprint density at radius 1 is 0.925 bits per heavy atom. The van der Waals surface area contributed by atoms with Gasteiger partial charge in [-0.1, -0.05) is 84.4 Å². The molecule has 9 nitrogen and oxygen atoms in total. The zero-order chi connectivity index (χ0) is 28.3. The van der Waals surface area contributed by atoms with Gasteiger partial charge >= 0.3 is 12.1 Å². The third-order valence-electron chi connectivity index (χ3n) is 6.01. The average molecular weight is 561 g/mol. The molecule has 206 valence electrons. The molecule has 0 saturated heterocycles. The molecule has 2 N–H and O–H groups in total. The highest BCUT2D eigenvalue weighted by atomic mass is 35.5. The first-order valence-corrected chi connectivity index (χ1v) is 13.0. The van der Waals surface area contributed by atoms with Gasteiger partial charge in [-0.3, -0.25) is 19.9 Å². The smallest absolute Gasteiger partial charge is 0.412 e. The number of amides is 2. The van der Waals surface area contributed by atoms with Crippen LogP contribution in [0.3, 0.4) is 0 Å². The zero-order valence-corrected chi connectivity index (χ0v) is 22.6. The number of anilines is 1. The minimum atomic E-state index is -0.862. The predicted molar refractivity (Wildman–Crippen MR) is 152 cm³/mol. The van der Waals surface area contributed by atoms with Crippen molar-refractivity contribution in [2.45, 2.75) is 32.5 Å². The first kappa shape index (κ1) is 28.5. The van der Waals surface area contributed by atoms with E-state index in [0.29, 0.717) is 10.8 Å². The Hall–Kier alpha value is -4.47. The molecule has 1 atom stereocenters. The number of carbonyl (C=O) groups excluding carboxylic acids is 3. The number of aromatic nitrogens is 1. The zero-order valence-electron chi connectivity index (χ0n) is 21.9. The Bertz CT molecular complexity index is 1470. The number of hydrazine groups is 1. The normalized spacial score (nSPS) is 11.4. The van der Waals surface area contributed by atoms with Gasteiger partial charge in [0.15, 0.2) is 0 Å². The summed E-state index contributed by atoms with van der Waals surface area (Å²) >= 11 is 6.27. The van der Waals surface area contributed by atoms with Crippen LogP contribution in [0.5, 0.6) is 0 Å². The Labute approximate surface area is 237 Å². The van der Waals surface area contributed by atoms with Crippen molar-refractivity contribution in [3.05, 3.63) is 107 Å². The highest BCUT2D eigenvalue weighted by Gasteiger charge is 2.27. The monoisotopic (exact) mass is 560 g/mol. The van der Waals surface area contributed by atoms with Crippen molar-refractivity contribution >= 4 is 46.2 Å². The van der Waals surface area contributed by atoms with E-state index in [1.165, 1.54) is 11.9 Å². The van der Waals surface area contributed by atoms with Gasteiger partial charge in [-0.15, -0.1) is 0 Å². The van der Waals surface area contributed by atoms with Gasteiger partial charge in [0.25, 0.3) is 0 Å². The summed E-state index contributed by atoms with van der Waals surface area (Å²) in [6, 6.07) is 24.9. The summed E-state index contributed by atoms with van der Waals surface area (Å²) in [5, 5.41) is 6.20. The van der Waals surface area contributed by atoms with Gasteiger partial charge in [0.2, 0.25) is 5.91 Å². The molecule has 0 aliphatic heterocycles. The largest absolute Gasteiger partial charge is 0.461 e. The molecule has 0 spiro atoms. The van der Waals surface area contributed by atoms with Gasteiger partial charge in [-0.05, 0) is 28.6 Å². The molecule has 2 amide bonds. The summed E-state index contributed by atoms with van der Waals surface area (Å²) in [6.45, 7) is 1.35. The fraction of sp³-hybridized carbons (Fsp3) is 0.200. The molecule has 10 heteroatoms. The van der Waals surface area contributed by atoms with Crippen LogP contribution in [0.2, 0.25) is 5.02 Å². The number of fused-ring (bicyclic) bond motifs is 1. The highest BCUT2D eigenvalue weighted by Crippen LogP contribution is 2.17. The lowest BCUT2D eigenvalue weighted by Crippen LogP contribution is -2.51. The van der Waals surface area contributed by atoms with Gasteiger partial charge in [0.1, 0.15) is 19.0 Å². The van der Waals surface area contributed by atoms with Crippen LogP contribution in [0, 0.1) is 0 Å². The van der Waals surface area contributed by atoms with Crippen molar-refractivity contribution in [2.75, 3.05) is 11.9 Å². The van der Waals surface area contributed by atoms with Crippen LogP contribution >= 0.6 is 11.6 Å². The van der Waals surface area contributed by atoms with Gasteiger partial charge in [0.05, 0.1) is 12.5 Å². The predicted octanol–water partition coefficient (Wildman–Crippen LogP) is 5.49. The number of hydrogen-bond donors (Lipinski definition) is 2. The van der Waals surface area contributed by atoms with Crippen molar-refractivity contribution in [1.29, 1.82) is 0 Å². The number of esters is 1. The maximum Gasteiger partial charge on any atom is 0.412 e. The lowest BCUT2D eigenvalue weighted by atomic mass is 10.2. The lowest BCUT2D eigenvalue weighted by Gasteiger charge is -2.30. The number of rotatable bonds is 11. The molecule has 4 rings (SSSR count). The van der Waals surface area contributed by atoms with Crippen molar-refractivity contribution in [3.8, 4) is 0 Å². The Morgan fingerprint density at radius 2 is 1.62 bits per heavy atom. The van der Waals surface area contributed by atoms with E-state index in [9.17, 15) is 14.4 Å². The third-order valence-corrected chi connectivity index (χ3v) is 6.38. The summed E-state index contributed by atoms with van der Waals surface area (Å²) in [5.41, 5.74) is 4.59. The second-order valence-electron chi connectivity index (χ2n) is 8.96. The molecule has 1 heterocycles. The van der Waals surface area contributed by atoms with Gasteiger partial charge in [-0.25, -0.2) is 15.2 Å². The molecule has 0 saturated carbocycles. The van der Waals surface area contributed by atoms with E-state index in [1.54, 1.807) is 24.4 Å². The molecule has 1 aromatic heterocycles. The molecule has 0 aliphatic rings. The number of nitrogens with zero attached hydrogens (tertiary/aromatic N) is 2. The van der Waals surface area contributed by atoms with Crippen LogP contribution in [0.25, 0.3) is 10.8 Å². The lowest BCUT2D eigenvalue weighted by molar-refractivity contribution is -0.149. The molecule has 0 fully saturated rings. The molecule has 4 aromatic rings. The maximum absolute atomic E-state index is 12.8. The first-order valence-electron chi connectivity index (χ1n) is 12.6. The topological polar surface area (TPSA) is 110 Å². The van der Waals surface area contributed by atoms with Gasteiger partial charge in [-0.2, -0.15) is 0 Å². The number of benzene rings is 3. The fourth-order valence-electron chi connectivity index (χ4n) is 3.99. The molecule has 0 unspecified atom stereocenters. The van der Waals surface area contributed by atoms with E-state index in [0.717, 1.165) is 21.9 Å². The van der Waals surface area contributed by atoms with Crippen LogP contribution in [-0.4, -0.2) is 40.6 Å². The summed E-state index contributed by atoms with van der Waals surface area (Å²) < 4.78 is 10.9. The molecule has 0 radical (unpaired) electrons. The second kappa shape index (κ2) is 14.1. The Balaban J connectivity index is 1.43. The molecule has 0 bridgehead atoms. The number of carbonyl (C=O) groups is 3. The van der Waals surface area contributed by atoms with Crippen LogP contribution in [0.1, 0.15) is 24.5 Å². The average Bonchev–Trinajstić information content (AvgIpc) is 2.96. The molecular formula is C30H29ClN4O5. The number of pyridine rings is 1. The van der Waals surface area contributed by atoms with Crippen LogP contribution < -0.4 is 10.7 Å². The van der Waals surface area contributed by atoms with Crippen LogP contribution in [0.4, 0.5) is 10.6 Å². The molecular weight excluding hydrogens is 532 g/mol. The SMILES string of the molecule is CC(=O)N(NCc1ccccc1Cl)[C@H](COC(=O)Nc1cc2ccccc2cn1)CC(=O)OCc1ccccc1. The van der Waals surface area contributed by atoms with Crippen LogP contribution in [0.15, 0.2) is 91.1 Å². The third kappa shape index (κ3) is 8.26. The van der Waals surface area contributed by atoms with Crippen molar-refractivity contribution in [2.24, 2.45) is 0 Å². The maximum atomic E-state index is 12.8. The minimum Gasteiger partial charge on any atom is -0.461 e. The number of hydrogen-bond acceptors (Lipinski definition) is 7. The van der Waals surface area contributed by atoms with E-state index < -0.39 is 18.1 Å². The number of ether oxygens (including phenoxy) is 2. The summed E-state index contributed by atoms with van der Waals surface area (Å²) in [7, 11) is 0. The minimum absolute atomic E-state index is 0.0779. The van der Waals surface area contributed by atoms with E-state index in [2.05, 4.69) is 15.7 Å². The summed E-state index contributed by atoms with van der Waals surface area (Å²) in [6.07, 6.45) is 0.649. The van der Waals surface area contributed by atoms with E-state index in [1.807, 2.05) is 66.7 Å². The van der Waals surface area contributed by atoms with Crippen molar-refractivity contribution < 1.29 is 23.9 Å². The summed E-state index contributed by atoms with van der Waals surface area (Å²) in [5.74, 6) is -0.629. The molecule has 3 aromatic carbocycles. The second-order valence-corrected chi connectivity index (χ2v) is 9.37. The van der Waals surface area contributed by atoms with Crippen LogP contribution in [-0.2, 0) is 32.2 Å². The van der Waals surface area contributed by atoms with Gasteiger partial charge < -0.3 is 9.47 Å². The van der Waals surface area contributed by atoms with E-state index in [4.69, 9.17) is 21.1 Å². The molecule has 40 heavy (non-hydrogen) atoms. The quantitative estimate of drug-likeness (QED) is 0.184. The Morgan fingerprint density at radius 3 is 2.38 bits per heavy atom. The standard InChI is InChI=1S/C30H29ClN4O5/c1-21(36)35(33-18-25-13-7-8-14-27(25)31)26(16-29(37)39-19-22-9-3-2-4-10-22)20-40-30(38)34-28-15-23-11-5-6-12-24(23)17-32-28/h2-15,17,26,33H,16,18-20H2,1H3,(H,32,34,38)/t26-/m0/s1.